The number of fused-ring (bicyclic) bond motifs is 4. The molecule has 2 fully saturated rings. The number of nitrogens with zero attached hydrogens (tertiary/aromatic N) is 3. The lowest BCUT2D eigenvalue weighted by Gasteiger charge is -2.36. The predicted octanol–water partition coefficient (Wildman–Crippen LogP) is 1.18. The number of aromatic nitrogens is 1. The average molecular weight is 338 g/mol. The molecule has 0 bridgehead atoms. The van der Waals surface area contributed by atoms with E-state index in [1.165, 1.54) is 12.8 Å². The van der Waals surface area contributed by atoms with E-state index in [1.807, 2.05) is 9.47 Å². The Morgan fingerprint density at radius 2 is 2.10 bits per heavy atom. The number of hydrogen-bond acceptors (Lipinski definition) is 3. The molecule has 1 amide bonds. The number of amides is 1. The third-order valence-electron chi connectivity index (χ3n) is 4.87. The van der Waals surface area contributed by atoms with Crippen LogP contribution in [0.25, 0.3) is 0 Å². The molecule has 2 atom stereocenters. The van der Waals surface area contributed by atoms with Crippen molar-refractivity contribution in [1.29, 1.82) is 0 Å². The number of carbonyl (C=O) groups is 1. The van der Waals surface area contributed by atoms with Crippen molar-refractivity contribution in [2.75, 3.05) is 13.1 Å². The molecule has 5 nitrogen and oxygen atoms in total. The summed E-state index contributed by atoms with van der Waals surface area (Å²) in [6, 6.07) is 0.509. The number of pyridine rings is 1. The SMILES string of the molecule is Cc1c2n(cc(Br)c1=O)CC1N(CC3CCCN31)C2=O. The fraction of sp³-hybridized carbons (Fsp3) is 0.571. The van der Waals surface area contributed by atoms with E-state index in [0.29, 0.717) is 21.8 Å². The van der Waals surface area contributed by atoms with Gasteiger partial charge in [-0.25, -0.2) is 0 Å². The maximum Gasteiger partial charge on any atom is 0.272 e. The molecule has 0 spiro atoms. The van der Waals surface area contributed by atoms with Crippen LogP contribution in [-0.4, -0.2) is 45.6 Å². The fourth-order valence-corrected chi connectivity index (χ4v) is 4.44. The molecule has 4 rings (SSSR count). The van der Waals surface area contributed by atoms with Gasteiger partial charge in [0.25, 0.3) is 5.91 Å². The molecular formula is C14H16BrN3O2. The predicted molar refractivity (Wildman–Crippen MR) is 77.7 cm³/mol. The van der Waals surface area contributed by atoms with E-state index in [2.05, 4.69) is 20.8 Å². The molecule has 0 radical (unpaired) electrons. The largest absolute Gasteiger partial charge is 0.338 e. The molecular weight excluding hydrogens is 322 g/mol. The first-order valence-electron chi connectivity index (χ1n) is 7.04. The maximum absolute atomic E-state index is 12.7. The lowest BCUT2D eigenvalue weighted by atomic mass is 10.1. The van der Waals surface area contributed by atoms with Crippen LogP contribution in [-0.2, 0) is 6.54 Å². The molecule has 4 heterocycles. The van der Waals surface area contributed by atoms with Crippen molar-refractivity contribution in [3.63, 3.8) is 0 Å². The summed E-state index contributed by atoms with van der Waals surface area (Å²) in [5.41, 5.74) is 1.04. The highest BCUT2D eigenvalue weighted by atomic mass is 79.9. The van der Waals surface area contributed by atoms with Crippen LogP contribution < -0.4 is 5.43 Å². The quantitative estimate of drug-likeness (QED) is 0.714. The Labute approximate surface area is 125 Å². The lowest BCUT2D eigenvalue weighted by Crippen LogP contribution is -2.50. The van der Waals surface area contributed by atoms with Crippen LogP contribution in [0.15, 0.2) is 15.5 Å². The lowest BCUT2D eigenvalue weighted by molar-refractivity contribution is 0.0519. The van der Waals surface area contributed by atoms with E-state index in [4.69, 9.17) is 0 Å². The van der Waals surface area contributed by atoms with Crippen molar-refractivity contribution >= 4 is 21.8 Å². The molecule has 0 N–H and O–H groups in total. The van der Waals surface area contributed by atoms with Gasteiger partial charge in [0, 0.05) is 30.9 Å². The molecule has 0 aliphatic carbocycles. The van der Waals surface area contributed by atoms with Gasteiger partial charge in [0.15, 0.2) is 5.43 Å². The van der Waals surface area contributed by atoms with Gasteiger partial charge >= 0.3 is 0 Å². The number of hydrogen-bond donors (Lipinski definition) is 0. The van der Waals surface area contributed by atoms with E-state index >= 15 is 0 Å². The van der Waals surface area contributed by atoms with Crippen LogP contribution >= 0.6 is 15.9 Å². The number of carbonyl (C=O) groups excluding carboxylic acids is 1. The van der Waals surface area contributed by atoms with Crippen molar-refractivity contribution < 1.29 is 4.79 Å². The highest BCUT2D eigenvalue weighted by molar-refractivity contribution is 9.10. The Kier molecular flexibility index (Phi) is 2.63. The van der Waals surface area contributed by atoms with Crippen LogP contribution in [0.2, 0.25) is 0 Å². The zero-order valence-corrected chi connectivity index (χ0v) is 12.9. The molecule has 6 heteroatoms. The third-order valence-corrected chi connectivity index (χ3v) is 5.43. The molecule has 3 aliphatic heterocycles. The zero-order valence-electron chi connectivity index (χ0n) is 11.3. The van der Waals surface area contributed by atoms with Crippen LogP contribution in [0.3, 0.4) is 0 Å². The number of halogens is 1. The van der Waals surface area contributed by atoms with Gasteiger partial charge in [-0.2, -0.15) is 0 Å². The molecule has 1 aromatic heterocycles. The normalized spacial score (nSPS) is 28.5. The summed E-state index contributed by atoms with van der Waals surface area (Å²) in [5, 5.41) is 0. The Hall–Kier alpha value is -1.14. The first-order valence-corrected chi connectivity index (χ1v) is 7.83. The summed E-state index contributed by atoms with van der Waals surface area (Å²) in [6.45, 7) is 4.40. The van der Waals surface area contributed by atoms with E-state index in [-0.39, 0.29) is 17.5 Å². The second kappa shape index (κ2) is 4.18. The molecule has 106 valence electrons. The summed E-state index contributed by atoms with van der Waals surface area (Å²) >= 11 is 3.30. The molecule has 0 aromatic carbocycles. The summed E-state index contributed by atoms with van der Waals surface area (Å²) in [4.78, 5) is 29.2. The van der Waals surface area contributed by atoms with E-state index < -0.39 is 0 Å². The summed E-state index contributed by atoms with van der Waals surface area (Å²) in [5.74, 6) is 0.0118. The van der Waals surface area contributed by atoms with Crippen molar-refractivity contribution in [2.45, 2.75) is 38.5 Å². The van der Waals surface area contributed by atoms with Gasteiger partial charge in [0.05, 0.1) is 11.0 Å². The van der Waals surface area contributed by atoms with E-state index in [0.717, 1.165) is 19.6 Å². The van der Waals surface area contributed by atoms with Gasteiger partial charge < -0.3 is 9.47 Å². The van der Waals surface area contributed by atoms with Gasteiger partial charge in [0.2, 0.25) is 0 Å². The van der Waals surface area contributed by atoms with Gasteiger partial charge in [-0.05, 0) is 35.7 Å². The molecule has 2 unspecified atom stereocenters. The van der Waals surface area contributed by atoms with Crippen LogP contribution in [0.4, 0.5) is 0 Å². The van der Waals surface area contributed by atoms with Crippen LogP contribution in [0, 0.1) is 6.92 Å². The molecule has 0 saturated carbocycles. The highest BCUT2D eigenvalue weighted by Crippen LogP contribution is 2.34. The summed E-state index contributed by atoms with van der Waals surface area (Å²) in [6.07, 6.45) is 4.33. The van der Waals surface area contributed by atoms with Crippen molar-refractivity contribution in [2.24, 2.45) is 0 Å². The average Bonchev–Trinajstić information content (AvgIpc) is 2.98. The minimum atomic E-state index is -0.0808. The third kappa shape index (κ3) is 1.52. The first-order chi connectivity index (χ1) is 9.58. The number of rotatable bonds is 0. The molecule has 2 saturated heterocycles. The Morgan fingerprint density at radius 1 is 1.30 bits per heavy atom. The smallest absolute Gasteiger partial charge is 0.272 e. The molecule has 20 heavy (non-hydrogen) atoms. The standard InChI is InChI=1S/C14H16BrN3O2/c1-8-12-14(20)18-5-9-3-2-4-17(9)11(18)7-16(12)6-10(15)13(8)19/h6,9,11H,2-5,7H2,1H3. The van der Waals surface area contributed by atoms with Gasteiger partial charge in [0.1, 0.15) is 11.9 Å². The Morgan fingerprint density at radius 3 is 2.90 bits per heavy atom. The van der Waals surface area contributed by atoms with E-state index in [9.17, 15) is 9.59 Å². The summed E-state index contributed by atoms with van der Waals surface area (Å²) in [7, 11) is 0. The minimum Gasteiger partial charge on any atom is -0.338 e. The van der Waals surface area contributed by atoms with Gasteiger partial charge in [-0.1, -0.05) is 0 Å². The van der Waals surface area contributed by atoms with Crippen LogP contribution in [0.1, 0.15) is 28.9 Å². The zero-order chi connectivity index (χ0) is 14.0. The summed E-state index contributed by atoms with van der Waals surface area (Å²) < 4.78 is 2.49. The van der Waals surface area contributed by atoms with Gasteiger partial charge in [-0.3, -0.25) is 14.5 Å². The van der Waals surface area contributed by atoms with Crippen LogP contribution in [0.5, 0.6) is 0 Å². The molecule has 1 aromatic rings. The van der Waals surface area contributed by atoms with Crippen molar-refractivity contribution in [3.8, 4) is 0 Å². The second-order valence-corrected chi connectivity index (χ2v) is 6.76. The van der Waals surface area contributed by atoms with E-state index in [1.54, 1.807) is 13.1 Å². The minimum absolute atomic E-state index is 0.0118. The highest BCUT2D eigenvalue weighted by Gasteiger charge is 2.47. The topological polar surface area (TPSA) is 45.6 Å². The first kappa shape index (κ1) is 12.6. The Balaban J connectivity index is 1.84. The maximum atomic E-state index is 12.7. The second-order valence-electron chi connectivity index (χ2n) is 5.90. The monoisotopic (exact) mass is 337 g/mol. The van der Waals surface area contributed by atoms with Crippen molar-refractivity contribution in [1.82, 2.24) is 14.4 Å². The Bertz CT molecular complexity index is 669. The molecule has 3 aliphatic rings. The van der Waals surface area contributed by atoms with Gasteiger partial charge in [-0.15, -0.1) is 0 Å². The fourth-order valence-electron chi connectivity index (χ4n) is 3.90. The van der Waals surface area contributed by atoms with Crippen molar-refractivity contribution in [3.05, 3.63) is 32.2 Å².